The number of carbonyl (C=O) groups excluding carboxylic acids is 1. The second-order valence-corrected chi connectivity index (χ2v) is 10.8. The highest BCUT2D eigenvalue weighted by molar-refractivity contribution is 7.15. The van der Waals surface area contributed by atoms with Gasteiger partial charge in [-0.25, -0.2) is 23.7 Å². The number of aromatic nitrogens is 4. The lowest BCUT2D eigenvalue weighted by molar-refractivity contribution is -0.130. The maximum atomic E-state index is 14.3. The number of thiazole rings is 1. The fraction of sp³-hybridized carbons (Fsp3) is 0.407. The summed E-state index contributed by atoms with van der Waals surface area (Å²) in [5, 5.41) is 1.42. The van der Waals surface area contributed by atoms with Crippen molar-refractivity contribution in [3.05, 3.63) is 52.6 Å². The molecule has 10 heteroatoms. The Kier molecular flexibility index (Phi) is 6.24. The Labute approximate surface area is 217 Å². The van der Waals surface area contributed by atoms with Gasteiger partial charge in [0.1, 0.15) is 5.82 Å². The van der Waals surface area contributed by atoms with E-state index in [9.17, 15) is 13.6 Å². The molecule has 1 fully saturated rings. The molecule has 0 N–H and O–H groups in total. The molecular formula is C27H27F2N5O2S. The first-order chi connectivity index (χ1) is 17.9. The number of benzene rings is 1. The minimum atomic E-state index is -2.69. The quantitative estimate of drug-likeness (QED) is 0.342. The number of alkyl halides is 2. The first-order valence-electron chi connectivity index (χ1n) is 12.5. The average molecular weight is 524 g/mol. The number of amides is 1. The third-order valence-corrected chi connectivity index (χ3v) is 8.22. The maximum Gasteiger partial charge on any atom is 0.266 e. The fourth-order valence-electron chi connectivity index (χ4n) is 5.40. The van der Waals surface area contributed by atoms with Crippen LogP contribution in [0, 0.1) is 6.92 Å². The van der Waals surface area contributed by atoms with Crippen molar-refractivity contribution < 1.29 is 18.3 Å². The van der Waals surface area contributed by atoms with Crippen LogP contribution in [0.1, 0.15) is 54.2 Å². The van der Waals surface area contributed by atoms with Crippen LogP contribution in [-0.2, 0) is 22.6 Å². The maximum absolute atomic E-state index is 14.3. The van der Waals surface area contributed by atoms with Crippen molar-refractivity contribution in [3.63, 3.8) is 0 Å². The molecule has 0 radical (unpaired) electrons. The summed E-state index contributed by atoms with van der Waals surface area (Å²) in [6, 6.07) is 7.20. The molecule has 1 aromatic carbocycles. The summed E-state index contributed by atoms with van der Waals surface area (Å²) in [7, 11) is 0. The summed E-state index contributed by atoms with van der Waals surface area (Å²) in [5.41, 5.74) is 3.20. The smallest absolute Gasteiger partial charge is 0.266 e. The van der Waals surface area contributed by atoms with Crippen LogP contribution in [-0.4, -0.2) is 50.1 Å². The molecule has 3 aromatic heterocycles. The molecule has 0 unspecified atom stereocenters. The van der Waals surface area contributed by atoms with Crippen LogP contribution in [0.3, 0.4) is 0 Å². The van der Waals surface area contributed by atoms with Crippen LogP contribution in [0.25, 0.3) is 32.7 Å². The number of aryl methyl sites for hydroxylation is 1. The molecule has 0 bridgehead atoms. The first kappa shape index (κ1) is 24.1. The van der Waals surface area contributed by atoms with Crippen molar-refractivity contribution in [2.24, 2.45) is 0 Å². The molecule has 37 heavy (non-hydrogen) atoms. The predicted octanol–water partition coefficient (Wildman–Crippen LogP) is 5.72. The van der Waals surface area contributed by atoms with Crippen molar-refractivity contribution in [2.75, 3.05) is 19.8 Å². The molecule has 0 saturated carbocycles. The number of fused-ring (bicyclic) bond motifs is 2. The van der Waals surface area contributed by atoms with E-state index in [0.717, 1.165) is 40.6 Å². The Morgan fingerprint density at radius 1 is 1.16 bits per heavy atom. The summed E-state index contributed by atoms with van der Waals surface area (Å²) in [5.74, 6) is 1.26. The van der Waals surface area contributed by atoms with Crippen LogP contribution >= 0.6 is 11.3 Å². The molecule has 0 aliphatic carbocycles. The van der Waals surface area contributed by atoms with Crippen molar-refractivity contribution in [1.29, 1.82) is 0 Å². The normalized spacial score (nSPS) is 16.5. The van der Waals surface area contributed by atoms with E-state index >= 15 is 0 Å². The number of imidazole rings is 1. The van der Waals surface area contributed by atoms with Gasteiger partial charge in [0.15, 0.2) is 0 Å². The molecule has 1 saturated heterocycles. The highest BCUT2D eigenvalue weighted by Crippen LogP contribution is 2.40. The van der Waals surface area contributed by atoms with Gasteiger partial charge in [0.05, 0.1) is 39.0 Å². The molecule has 5 heterocycles. The Morgan fingerprint density at radius 3 is 2.68 bits per heavy atom. The number of pyridine rings is 1. The summed E-state index contributed by atoms with van der Waals surface area (Å²) in [6.45, 7) is 6.52. The van der Waals surface area contributed by atoms with Gasteiger partial charge in [-0.15, -0.1) is 11.3 Å². The molecule has 2 aliphatic rings. The predicted molar refractivity (Wildman–Crippen MR) is 138 cm³/mol. The van der Waals surface area contributed by atoms with Gasteiger partial charge >= 0.3 is 0 Å². The number of hydrogen-bond acceptors (Lipinski definition) is 6. The number of hydrogen-bond donors (Lipinski definition) is 0. The minimum Gasteiger partial charge on any atom is -0.381 e. The van der Waals surface area contributed by atoms with Crippen LogP contribution in [0.4, 0.5) is 8.78 Å². The zero-order valence-electron chi connectivity index (χ0n) is 20.7. The van der Waals surface area contributed by atoms with Crippen molar-refractivity contribution in [3.8, 4) is 21.8 Å². The van der Waals surface area contributed by atoms with E-state index in [1.54, 1.807) is 19.2 Å². The molecule has 1 amide bonds. The highest BCUT2D eigenvalue weighted by Gasteiger charge is 2.31. The summed E-state index contributed by atoms with van der Waals surface area (Å²) < 4.78 is 36.4. The van der Waals surface area contributed by atoms with Gasteiger partial charge in [-0.1, -0.05) is 12.1 Å². The SMILES string of the molecule is CC(=O)N1CCn2c(C3CCOCC3)nc(-c3cccc4nc(-c5cnc(C)s5)c(C(F)F)cc34)c2C1. The molecule has 192 valence electrons. The summed E-state index contributed by atoms with van der Waals surface area (Å²) in [6.07, 6.45) is 0.684. The lowest BCUT2D eigenvalue weighted by Crippen LogP contribution is -2.37. The van der Waals surface area contributed by atoms with E-state index < -0.39 is 6.43 Å². The summed E-state index contributed by atoms with van der Waals surface area (Å²) >= 11 is 1.35. The Balaban J connectivity index is 1.55. The lowest BCUT2D eigenvalue weighted by Gasteiger charge is -2.30. The fourth-order valence-corrected chi connectivity index (χ4v) is 6.19. The molecule has 0 spiro atoms. The molecule has 7 nitrogen and oxygen atoms in total. The Hall–Kier alpha value is -3.24. The Morgan fingerprint density at radius 2 is 1.97 bits per heavy atom. The van der Waals surface area contributed by atoms with Gasteiger partial charge in [-0.05, 0) is 31.9 Å². The van der Waals surface area contributed by atoms with Crippen LogP contribution in [0.5, 0.6) is 0 Å². The number of ether oxygens (including phenoxy) is 1. The monoisotopic (exact) mass is 523 g/mol. The molecule has 4 aromatic rings. The van der Waals surface area contributed by atoms with Crippen molar-refractivity contribution in [2.45, 2.75) is 52.1 Å². The Bertz CT molecular complexity index is 1490. The van der Waals surface area contributed by atoms with Gasteiger partial charge in [-0.2, -0.15) is 0 Å². The number of halogens is 2. The van der Waals surface area contributed by atoms with E-state index in [1.807, 2.05) is 30.0 Å². The van der Waals surface area contributed by atoms with E-state index in [-0.39, 0.29) is 23.1 Å². The third-order valence-electron chi connectivity index (χ3n) is 7.30. The van der Waals surface area contributed by atoms with E-state index in [4.69, 9.17) is 14.7 Å². The van der Waals surface area contributed by atoms with Crippen molar-refractivity contribution in [1.82, 2.24) is 24.4 Å². The van der Waals surface area contributed by atoms with E-state index in [0.29, 0.717) is 48.6 Å². The lowest BCUT2D eigenvalue weighted by atomic mass is 9.99. The molecule has 2 aliphatic heterocycles. The van der Waals surface area contributed by atoms with Crippen LogP contribution in [0.15, 0.2) is 30.5 Å². The molecular weight excluding hydrogens is 496 g/mol. The van der Waals surface area contributed by atoms with E-state index in [1.165, 1.54) is 11.3 Å². The van der Waals surface area contributed by atoms with Gasteiger partial charge in [0.2, 0.25) is 5.91 Å². The second kappa shape index (κ2) is 9.57. The third kappa shape index (κ3) is 4.31. The van der Waals surface area contributed by atoms with Gasteiger partial charge in [-0.3, -0.25) is 4.79 Å². The molecule has 6 rings (SSSR count). The van der Waals surface area contributed by atoms with Gasteiger partial charge in [0.25, 0.3) is 6.43 Å². The molecule has 0 atom stereocenters. The number of rotatable bonds is 4. The topological polar surface area (TPSA) is 73.1 Å². The zero-order valence-corrected chi connectivity index (χ0v) is 21.5. The zero-order chi connectivity index (χ0) is 25.7. The highest BCUT2D eigenvalue weighted by atomic mass is 32.1. The van der Waals surface area contributed by atoms with Crippen molar-refractivity contribution >= 4 is 28.1 Å². The van der Waals surface area contributed by atoms with Crippen LogP contribution < -0.4 is 0 Å². The van der Waals surface area contributed by atoms with E-state index in [2.05, 4.69) is 9.55 Å². The minimum absolute atomic E-state index is 0.00934. The second-order valence-electron chi connectivity index (χ2n) is 9.59. The standard InChI is InChI=1S/C27H27F2N5O2S/c1-15-30-13-23(37-15)25-20(26(28)29)12-19-18(4-3-5-21(19)31-25)24-22-14-33(16(2)35)8-9-34(22)27(32-24)17-6-10-36-11-7-17/h3-5,12-13,17,26H,6-11,14H2,1-2H3. The number of carbonyl (C=O) groups is 1. The van der Waals surface area contributed by atoms with Gasteiger partial charge in [0, 0.05) is 61.9 Å². The van der Waals surface area contributed by atoms with Crippen LogP contribution in [0.2, 0.25) is 0 Å². The average Bonchev–Trinajstić information content (AvgIpc) is 3.51. The number of nitrogens with zero attached hydrogens (tertiary/aromatic N) is 5. The summed E-state index contributed by atoms with van der Waals surface area (Å²) in [4.78, 5) is 28.8. The first-order valence-corrected chi connectivity index (χ1v) is 13.3. The largest absolute Gasteiger partial charge is 0.381 e. The van der Waals surface area contributed by atoms with Gasteiger partial charge < -0.3 is 14.2 Å².